The molecule has 1 atom stereocenters. The van der Waals surface area contributed by atoms with Crippen LogP contribution in [0.15, 0.2) is 23.4 Å². The molecule has 1 unspecified atom stereocenters. The summed E-state index contributed by atoms with van der Waals surface area (Å²) in [7, 11) is 0. The minimum Gasteiger partial charge on any atom is -0.409 e. The molecule has 4 N–H and O–H groups in total. The summed E-state index contributed by atoms with van der Waals surface area (Å²) in [6.07, 6.45) is 0. The van der Waals surface area contributed by atoms with E-state index in [9.17, 15) is 9.18 Å². The summed E-state index contributed by atoms with van der Waals surface area (Å²) in [4.78, 5) is 11.7. The van der Waals surface area contributed by atoms with Crippen LogP contribution in [0.5, 0.6) is 0 Å². The minimum absolute atomic E-state index is 0.198. The molecule has 0 saturated carbocycles. The summed E-state index contributed by atoms with van der Waals surface area (Å²) >= 11 is 0. The van der Waals surface area contributed by atoms with Crippen LogP contribution in [0, 0.1) is 18.7 Å². The first-order valence-electron chi connectivity index (χ1n) is 5.00. The normalized spacial score (nSPS) is 13.2. The number of nitrogens with one attached hydrogen (secondary N) is 1. The van der Waals surface area contributed by atoms with Crippen LogP contribution in [-0.4, -0.2) is 17.0 Å². The number of nitrogens with zero attached hydrogens (tertiary/aromatic N) is 1. The number of carbonyl (C=O) groups excluding carboxylic acids is 1. The number of rotatable bonds is 3. The first-order valence-corrected chi connectivity index (χ1v) is 5.00. The number of amidine groups is 1. The van der Waals surface area contributed by atoms with Gasteiger partial charge in [-0.25, -0.2) is 4.39 Å². The van der Waals surface area contributed by atoms with Crippen LogP contribution in [0.4, 0.5) is 10.1 Å². The molecule has 0 aliphatic heterocycles. The Morgan fingerprint density at radius 2 is 2.24 bits per heavy atom. The average molecular weight is 239 g/mol. The first-order chi connectivity index (χ1) is 7.97. The second kappa shape index (κ2) is 5.29. The summed E-state index contributed by atoms with van der Waals surface area (Å²) in [6.45, 7) is 3.04. The third-order valence-electron chi connectivity index (χ3n) is 2.48. The Morgan fingerprint density at radius 1 is 1.59 bits per heavy atom. The fourth-order valence-corrected chi connectivity index (χ4v) is 1.20. The van der Waals surface area contributed by atoms with Gasteiger partial charge < -0.3 is 16.3 Å². The van der Waals surface area contributed by atoms with E-state index in [-0.39, 0.29) is 5.84 Å². The third-order valence-corrected chi connectivity index (χ3v) is 2.48. The topological polar surface area (TPSA) is 87.7 Å². The van der Waals surface area contributed by atoms with Crippen molar-refractivity contribution < 1.29 is 14.4 Å². The van der Waals surface area contributed by atoms with Crippen molar-refractivity contribution in [2.45, 2.75) is 13.8 Å². The number of benzene rings is 1. The molecule has 0 bridgehead atoms. The number of carbonyl (C=O) groups is 1. The fraction of sp³-hybridized carbons (Fsp3) is 0.273. The number of oxime groups is 1. The summed E-state index contributed by atoms with van der Waals surface area (Å²) in [6, 6.07) is 4.37. The maximum absolute atomic E-state index is 13.2. The Labute approximate surface area is 98.1 Å². The van der Waals surface area contributed by atoms with Crippen LogP contribution in [0.1, 0.15) is 12.5 Å². The molecule has 0 aliphatic carbocycles. The van der Waals surface area contributed by atoms with Crippen molar-refractivity contribution in [2.75, 3.05) is 5.32 Å². The molecule has 0 saturated heterocycles. The van der Waals surface area contributed by atoms with Gasteiger partial charge in [0.05, 0.1) is 5.92 Å². The molecule has 92 valence electrons. The Hall–Kier alpha value is -2.11. The highest BCUT2D eigenvalue weighted by atomic mass is 19.1. The van der Waals surface area contributed by atoms with Gasteiger partial charge in [-0.2, -0.15) is 0 Å². The average Bonchev–Trinajstić information content (AvgIpc) is 2.32. The largest absolute Gasteiger partial charge is 0.409 e. The quantitative estimate of drug-likeness (QED) is 0.323. The van der Waals surface area contributed by atoms with E-state index in [1.165, 1.54) is 19.1 Å². The van der Waals surface area contributed by atoms with Crippen molar-refractivity contribution in [1.29, 1.82) is 0 Å². The van der Waals surface area contributed by atoms with Crippen LogP contribution >= 0.6 is 0 Å². The molecule has 1 aromatic rings. The van der Waals surface area contributed by atoms with Crippen LogP contribution in [0.25, 0.3) is 0 Å². The van der Waals surface area contributed by atoms with E-state index in [0.29, 0.717) is 11.3 Å². The van der Waals surface area contributed by atoms with Gasteiger partial charge in [0.15, 0.2) is 5.84 Å². The van der Waals surface area contributed by atoms with Gasteiger partial charge in [0.2, 0.25) is 5.91 Å². The van der Waals surface area contributed by atoms with Gasteiger partial charge in [0.1, 0.15) is 5.82 Å². The van der Waals surface area contributed by atoms with Gasteiger partial charge in [-0.15, -0.1) is 0 Å². The van der Waals surface area contributed by atoms with E-state index >= 15 is 0 Å². The summed E-state index contributed by atoms with van der Waals surface area (Å²) in [5, 5.41) is 13.7. The van der Waals surface area contributed by atoms with E-state index in [2.05, 4.69) is 10.5 Å². The number of hydrogen-bond donors (Lipinski definition) is 3. The highest BCUT2D eigenvalue weighted by Crippen LogP contribution is 2.18. The molecule has 6 heteroatoms. The predicted molar refractivity (Wildman–Crippen MR) is 62.3 cm³/mol. The molecule has 0 spiro atoms. The van der Waals surface area contributed by atoms with Crippen LogP contribution in [-0.2, 0) is 4.79 Å². The maximum Gasteiger partial charge on any atom is 0.234 e. The number of amides is 1. The first kappa shape index (κ1) is 13.0. The number of halogens is 1. The van der Waals surface area contributed by atoms with Gasteiger partial charge in [0.25, 0.3) is 0 Å². The zero-order chi connectivity index (χ0) is 13.0. The Bertz CT molecular complexity index is 460. The molecule has 0 radical (unpaired) electrons. The monoisotopic (exact) mass is 239 g/mol. The molecule has 0 aromatic heterocycles. The smallest absolute Gasteiger partial charge is 0.234 e. The molecule has 5 nitrogen and oxygen atoms in total. The lowest BCUT2D eigenvalue weighted by Crippen LogP contribution is -2.32. The summed E-state index contributed by atoms with van der Waals surface area (Å²) < 4.78 is 13.2. The number of anilines is 1. The van der Waals surface area contributed by atoms with Crippen molar-refractivity contribution >= 4 is 17.4 Å². The van der Waals surface area contributed by atoms with Crippen LogP contribution in [0.2, 0.25) is 0 Å². The molecule has 0 fully saturated rings. The zero-order valence-corrected chi connectivity index (χ0v) is 9.57. The summed E-state index contributed by atoms with van der Waals surface area (Å²) in [5.74, 6) is -1.85. The fourth-order valence-electron chi connectivity index (χ4n) is 1.20. The van der Waals surface area contributed by atoms with E-state index < -0.39 is 17.6 Å². The second-order valence-electron chi connectivity index (χ2n) is 3.65. The zero-order valence-electron chi connectivity index (χ0n) is 9.57. The predicted octanol–water partition coefficient (Wildman–Crippen LogP) is 1.46. The highest BCUT2D eigenvalue weighted by Gasteiger charge is 2.18. The molecular formula is C11H14FN3O2. The van der Waals surface area contributed by atoms with E-state index in [1.54, 1.807) is 13.0 Å². The Kier molecular flexibility index (Phi) is 4.03. The lowest BCUT2D eigenvalue weighted by atomic mass is 10.1. The molecule has 1 rings (SSSR count). The van der Waals surface area contributed by atoms with Crippen molar-refractivity contribution in [3.05, 3.63) is 29.6 Å². The molecule has 17 heavy (non-hydrogen) atoms. The Balaban J connectivity index is 2.85. The molecular weight excluding hydrogens is 225 g/mol. The standard InChI is InChI=1S/C11H14FN3O2/c1-6-8(12)4-3-5-9(6)14-11(16)7(2)10(13)15-17/h3-5,7,17H,1-2H3,(H2,13,15)(H,14,16). The van der Waals surface area contributed by atoms with Gasteiger partial charge in [0, 0.05) is 11.3 Å². The van der Waals surface area contributed by atoms with Crippen molar-refractivity contribution in [3.63, 3.8) is 0 Å². The maximum atomic E-state index is 13.2. The lowest BCUT2D eigenvalue weighted by molar-refractivity contribution is -0.117. The third kappa shape index (κ3) is 2.93. The number of nitrogens with two attached hydrogens (primary N) is 1. The molecule has 0 aliphatic rings. The van der Waals surface area contributed by atoms with E-state index in [1.807, 2.05) is 0 Å². The van der Waals surface area contributed by atoms with Crippen LogP contribution in [0.3, 0.4) is 0 Å². The van der Waals surface area contributed by atoms with Gasteiger partial charge in [-0.3, -0.25) is 4.79 Å². The SMILES string of the molecule is Cc1c(F)cccc1NC(=O)C(C)C(N)=NO. The van der Waals surface area contributed by atoms with Crippen molar-refractivity contribution in [1.82, 2.24) is 0 Å². The molecule has 0 heterocycles. The van der Waals surface area contributed by atoms with E-state index in [4.69, 9.17) is 10.9 Å². The molecule has 1 aromatic carbocycles. The Morgan fingerprint density at radius 3 is 2.82 bits per heavy atom. The highest BCUT2D eigenvalue weighted by molar-refractivity contribution is 6.07. The minimum atomic E-state index is -0.789. The van der Waals surface area contributed by atoms with E-state index in [0.717, 1.165) is 0 Å². The van der Waals surface area contributed by atoms with Gasteiger partial charge in [-0.05, 0) is 26.0 Å². The number of hydrogen-bond acceptors (Lipinski definition) is 3. The lowest BCUT2D eigenvalue weighted by Gasteiger charge is -2.12. The van der Waals surface area contributed by atoms with Gasteiger partial charge in [-0.1, -0.05) is 11.2 Å². The second-order valence-corrected chi connectivity index (χ2v) is 3.65. The van der Waals surface area contributed by atoms with Crippen molar-refractivity contribution in [3.8, 4) is 0 Å². The van der Waals surface area contributed by atoms with Crippen molar-refractivity contribution in [2.24, 2.45) is 16.8 Å². The molecule has 1 amide bonds. The van der Waals surface area contributed by atoms with Crippen LogP contribution < -0.4 is 11.1 Å². The summed E-state index contributed by atoms with van der Waals surface area (Å²) in [5.41, 5.74) is 6.01. The van der Waals surface area contributed by atoms with Gasteiger partial charge >= 0.3 is 0 Å².